The minimum atomic E-state index is -0.516. The zero-order valence-corrected chi connectivity index (χ0v) is 9.67. The van der Waals surface area contributed by atoms with Crippen LogP contribution in [0.2, 0.25) is 0 Å². The van der Waals surface area contributed by atoms with Gasteiger partial charge in [-0.3, -0.25) is 10.2 Å². The molecule has 0 aliphatic carbocycles. The molecule has 1 aromatic carbocycles. The normalized spacial score (nSPS) is 9.95. The molecule has 0 aliphatic rings. The van der Waals surface area contributed by atoms with Gasteiger partial charge in [-0.15, -0.1) is 5.10 Å². The number of carbonyl (C=O) groups excluding carboxylic acids is 1. The van der Waals surface area contributed by atoms with Crippen LogP contribution in [0.4, 0.5) is 4.39 Å². The third-order valence-electron chi connectivity index (χ3n) is 2.41. The standard InChI is InChI=1S/C11H9FN6O/c12-9-2-1-7(11(19)16-14)3-8(9)5-18-6-15-10(4-13)17-18/h1-3,6H,5,14H2,(H,16,19). The number of rotatable bonds is 3. The third-order valence-corrected chi connectivity index (χ3v) is 2.41. The minimum Gasteiger partial charge on any atom is -0.290 e. The largest absolute Gasteiger partial charge is 0.290 e. The number of nitrogens with one attached hydrogen (secondary N) is 1. The van der Waals surface area contributed by atoms with E-state index in [4.69, 9.17) is 11.1 Å². The summed E-state index contributed by atoms with van der Waals surface area (Å²) in [7, 11) is 0. The first-order valence-electron chi connectivity index (χ1n) is 5.23. The minimum absolute atomic E-state index is 0.00346. The van der Waals surface area contributed by atoms with Gasteiger partial charge >= 0.3 is 0 Å². The zero-order chi connectivity index (χ0) is 13.8. The lowest BCUT2D eigenvalue weighted by Gasteiger charge is -2.06. The molecule has 0 fully saturated rings. The Morgan fingerprint density at radius 2 is 2.37 bits per heavy atom. The van der Waals surface area contributed by atoms with E-state index in [2.05, 4.69) is 10.1 Å². The van der Waals surface area contributed by atoms with Gasteiger partial charge in [0.2, 0.25) is 0 Å². The van der Waals surface area contributed by atoms with E-state index >= 15 is 0 Å². The molecule has 0 atom stereocenters. The molecule has 2 aromatic rings. The molecule has 1 amide bonds. The first-order valence-corrected chi connectivity index (χ1v) is 5.23. The van der Waals surface area contributed by atoms with E-state index in [-0.39, 0.29) is 23.5 Å². The molecule has 2 rings (SSSR count). The second-order valence-corrected chi connectivity index (χ2v) is 3.66. The molecule has 0 bridgehead atoms. The quantitative estimate of drug-likeness (QED) is 0.456. The van der Waals surface area contributed by atoms with Crippen molar-refractivity contribution in [2.24, 2.45) is 5.84 Å². The summed E-state index contributed by atoms with van der Waals surface area (Å²) in [6, 6.07) is 5.63. The Bertz CT molecular complexity index is 659. The summed E-state index contributed by atoms with van der Waals surface area (Å²) < 4.78 is 14.9. The lowest BCUT2D eigenvalue weighted by Crippen LogP contribution is -2.30. The topological polar surface area (TPSA) is 110 Å². The summed E-state index contributed by atoms with van der Waals surface area (Å²) in [5, 5.41) is 12.4. The zero-order valence-electron chi connectivity index (χ0n) is 9.67. The molecule has 1 aromatic heterocycles. The maximum atomic E-state index is 13.6. The van der Waals surface area contributed by atoms with Gasteiger partial charge in [-0.1, -0.05) is 0 Å². The molecule has 0 spiro atoms. The van der Waals surface area contributed by atoms with Gasteiger partial charge in [-0.2, -0.15) is 5.26 Å². The smallest absolute Gasteiger partial charge is 0.265 e. The highest BCUT2D eigenvalue weighted by Crippen LogP contribution is 2.12. The third kappa shape index (κ3) is 2.72. The summed E-state index contributed by atoms with van der Waals surface area (Å²) in [6.07, 6.45) is 1.31. The number of carbonyl (C=O) groups is 1. The highest BCUT2D eigenvalue weighted by Gasteiger charge is 2.10. The first kappa shape index (κ1) is 12.7. The Morgan fingerprint density at radius 3 is 3.00 bits per heavy atom. The van der Waals surface area contributed by atoms with E-state index in [9.17, 15) is 9.18 Å². The number of benzene rings is 1. The number of hydrazine groups is 1. The van der Waals surface area contributed by atoms with Gasteiger partial charge in [0.15, 0.2) is 0 Å². The molecular weight excluding hydrogens is 251 g/mol. The molecule has 3 N–H and O–H groups in total. The number of aromatic nitrogens is 3. The highest BCUT2D eigenvalue weighted by atomic mass is 19.1. The Hall–Kier alpha value is -2.79. The summed E-state index contributed by atoms with van der Waals surface area (Å²) in [5.74, 6) is 4.01. The van der Waals surface area contributed by atoms with E-state index in [0.717, 1.165) is 0 Å². The van der Waals surface area contributed by atoms with Crippen molar-refractivity contribution in [3.8, 4) is 6.07 Å². The number of nitrogen functional groups attached to an aromatic ring is 1. The Kier molecular flexibility index (Phi) is 3.49. The summed E-state index contributed by atoms with van der Waals surface area (Å²) in [5.41, 5.74) is 2.45. The molecule has 0 saturated heterocycles. The van der Waals surface area contributed by atoms with Crippen LogP contribution in [0.3, 0.4) is 0 Å². The molecule has 96 valence electrons. The molecule has 0 aliphatic heterocycles. The molecule has 0 unspecified atom stereocenters. The van der Waals surface area contributed by atoms with Crippen LogP contribution in [0.1, 0.15) is 21.7 Å². The number of nitrogens with two attached hydrogens (primary N) is 1. The average molecular weight is 260 g/mol. The average Bonchev–Trinajstić information content (AvgIpc) is 2.88. The van der Waals surface area contributed by atoms with Gasteiger partial charge in [0.25, 0.3) is 11.7 Å². The van der Waals surface area contributed by atoms with Crippen LogP contribution in [0.15, 0.2) is 24.5 Å². The monoisotopic (exact) mass is 260 g/mol. The predicted molar refractivity (Wildman–Crippen MR) is 61.9 cm³/mol. The fourth-order valence-electron chi connectivity index (χ4n) is 1.52. The SMILES string of the molecule is N#Cc1ncn(Cc2cc(C(=O)NN)ccc2F)n1. The van der Waals surface area contributed by atoms with E-state index in [0.29, 0.717) is 0 Å². The molecule has 19 heavy (non-hydrogen) atoms. The maximum absolute atomic E-state index is 13.6. The Balaban J connectivity index is 2.29. The first-order chi connectivity index (χ1) is 9.13. The van der Waals surface area contributed by atoms with Gasteiger partial charge in [-0.25, -0.2) is 19.9 Å². The number of hydrogen-bond donors (Lipinski definition) is 2. The number of halogens is 1. The van der Waals surface area contributed by atoms with Crippen LogP contribution in [0, 0.1) is 17.1 Å². The van der Waals surface area contributed by atoms with E-state index in [1.807, 2.05) is 5.43 Å². The van der Waals surface area contributed by atoms with Crippen LogP contribution in [0.25, 0.3) is 0 Å². The lowest BCUT2D eigenvalue weighted by molar-refractivity contribution is 0.0953. The molecule has 0 radical (unpaired) electrons. The second-order valence-electron chi connectivity index (χ2n) is 3.66. The highest BCUT2D eigenvalue weighted by molar-refractivity contribution is 5.93. The van der Waals surface area contributed by atoms with Crippen molar-refractivity contribution in [2.75, 3.05) is 0 Å². The van der Waals surface area contributed by atoms with Crippen molar-refractivity contribution < 1.29 is 9.18 Å². The fourth-order valence-corrected chi connectivity index (χ4v) is 1.52. The van der Waals surface area contributed by atoms with Crippen molar-refractivity contribution in [1.82, 2.24) is 20.2 Å². The van der Waals surface area contributed by atoms with Crippen molar-refractivity contribution in [3.05, 3.63) is 47.3 Å². The Morgan fingerprint density at radius 1 is 1.58 bits per heavy atom. The molecule has 8 heteroatoms. The summed E-state index contributed by atoms with van der Waals surface area (Å²) >= 11 is 0. The number of hydrogen-bond acceptors (Lipinski definition) is 5. The molecule has 1 heterocycles. The summed E-state index contributed by atoms with van der Waals surface area (Å²) in [6.45, 7) is 0.0617. The molecule has 7 nitrogen and oxygen atoms in total. The van der Waals surface area contributed by atoms with E-state index in [1.165, 1.54) is 29.2 Å². The van der Waals surface area contributed by atoms with Gasteiger partial charge in [0, 0.05) is 11.1 Å². The lowest BCUT2D eigenvalue weighted by atomic mass is 10.1. The van der Waals surface area contributed by atoms with Crippen LogP contribution in [0.5, 0.6) is 0 Å². The van der Waals surface area contributed by atoms with E-state index < -0.39 is 11.7 Å². The van der Waals surface area contributed by atoms with Gasteiger partial charge in [0.05, 0.1) is 6.54 Å². The second kappa shape index (κ2) is 5.24. The van der Waals surface area contributed by atoms with Crippen molar-refractivity contribution in [1.29, 1.82) is 5.26 Å². The maximum Gasteiger partial charge on any atom is 0.265 e. The van der Waals surface area contributed by atoms with E-state index in [1.54, 1.807) is 6.07 Å². The number of nitrogens with zero attached hydrogens (tertiary/aromatic N) is 4. The van der Waals surface area contributed by atoms with Crippen LogP contribution < -0.4 is 11.3 Å². The molecule has 0 saturated carbocycles. The van der Waals surface area contributed by atoms with Crippen molar-refractivity contribution in [3.63, 3.8) is 0 Å². The van der Waals surface area contributed by atoms with Crippen molar-refractivity contribution >= 4 is 5.91 Å². The Labute approximate surface area is 107 Å². The number of nitriles is 1. The van der Waals surface area contributed by atoms with Crippen LogP contribution in [-0.4, -0.2) is 20.7 Å². The fraction of sp³-hybridized carbons (Fsp3) is 0.0909. The predicted octanol–water partition coefficient (Wildman–Crippen LogP) is -0.0593. The van der Waals surface area contributed by atoms with Crippen molar-refractivity contribution in [2.45, 2.75) is 6.54 Å². The molecular formula is C11H9FN6O. The van der Waals surface area contributed by atoms with Gasteiger partial charge in [-0.05, 0) is 18.2 Å². The van der Waals surface area contributed by atoms with Gasteiger partial charge in [0.1, 0.15) is 18.2 Å². The van der Waals surface area contributed by atoms with Gasteiger partial charge < -0.3 is 0 Å². The van der Waals surface area contributed by atoms with Crippen LogP contribution >= 0.6 is 0 Å². The number of amides is 1. The summed E-state index contributed by atoms with van der Waals surface area (Å²) in [4.78, 5) is 15.0. The van der Waals surface area contributed by atoms with Crippen LogP contribution in [-0.2, 0) is 6.54 Å².